The third-order valence-electron chi connectivity index (χ3n) is 7.25. The topological polar surface area (TPSA) is 96.0 Å². The Morgan fingerprint density at radius 3 is 2.07 bits per heavy atom. The summed E-state index contributed by atoms with van der Waals surface area (Å²) in [7, 11) is -4.34. The van der Waals surface area contributed by atoms with Crippen molar-refractivity contribution in [1.29, 1.82) is 0 Å². The minimum atomic E-state index is -4.34. The molecule has 1 aliphatic rings. The molecule has 1 saturated carbocycles. The SMILES string of the molecule is CCOc1ccc(N(CC(=O)N(Cc2ccc(F)cc2)C(C)C(=O)NC2CCCC2)S(=O)(=O)c2ccc(F)cc2)cc1. The normalized spacial score (nSPS) is 14.3. The lowest BCUT2D eigenvalue weighted by molar-refractivity contribution is -0.139. The van der Waals surface area contributed by atoms with Crippen LogP contribution in [-0.4, -0.2) is 50.4 Å². The third kappa shape index (κ3) is 7.64. The molecule has 0 aliphatic heterocycles. The summed E-state index contributed by atoms with van der Waals surface area (Å²) in [6.07, 6.45) is 3.73. The molecule has 3 aromatic carbocycles. The maximum absolute atomic E-state index is 14.0. The van der Waals surface area contributed by atoms with Gasteiger partial charge in [-0.15, -0.1) is 0 Å². The third-order valence-corrected chi connectivity index (χ3v) is 9.04. The van der Waals surface area contributed by atoms with Crippen molar-refractivity contribution in [2.24, 2.45) is 0 Å². The van der Waals surface area contributed by atoms with Crippen LogP contribution in [0.5, 0.6) is 5.75 Å². The standard InChI is InChI=1S/C31H35F2N3O5S/c1-3-41-28-16-14-27(15-17-28)36(42(39,40)29-18-12-25(33)13-19-29)21-30(37)35(20-23-8-10-24(32)11-9-23)22(2)31(38)34-26-6-4-5-7-26/h8-19,22,26H,3-7,20-21H2,1-2H3,(H,34,38). The van der Waals surface area contributed by atoms with Gasteiger partial charge in [-0.25, -0.2) is 17.2 Å². The van der Waals surface area contributed by atoms with Crippen molar-refractivity contribution in [2.75, 3.05) is 17.5 Å². The van der Waals surface area contributed by atoms with Crippen LogP contribution in [0.15, 0.2) is 77.7 Å². The Morgan fingerprint density at radius 2 is 1.50 bits per heavy atom. The quantitative estimate of drug-likeness (QED) is 0.315. The molecular weight excluding hydrogens is 564 g/mol. The highest BCUT2D eigenvalue weighted by Crippen LogP contribution is 2.27. The van der Waals surface area contributed by atoms with E-state index in [4.69, 9.17) is 4.74 Å². The van der Waals surface area contributed by atoms with Crippen LogP contribution < -0.4 is 14.4 Å². The van der Waals surface area contributed by atoms with Crippen molar-refractivity contribution < 1.29 is 31.5 Å². The van der Waals surface area contributed by atoms with Gasteiger partial charge in [0.1, 0.15) is 30.0 Å². The van der Waals surface area contributed by atoms with E-state index in [0.717, 1.165) is 54.3 Å². The van der Waals surface area contributed by atoms with Gasteiger partial charge in [-0.05, 0) is 92.9 Å². The molecule has 11 heteroatoms. The second kappa shape index (κ2) is 13.8. The molecule has 4 rings (SSSR count). The average molecular weight is 600 g/mol. The molecule has 3 aromatic rings. The number of amides is 2. The van der Waals surface area contributed by atoms with E-state index in [1.165, 1.54) is 41.3 Å². The molecule has 0 bridgehead atoms. The van der Waals surface area contributed by atoms with Gasteiger partial charge in [0, 0.05) is 12.6 Å². The van der Waals surface area contributed by atoms with Crippen molar-refractivity contribution in [3.8, 4) is 5.75 Å². The first-order valence-electron chi connectivity index (χ1n) is 13.9. The number of anilines is 1. The Bertz CT molecular complexity index is 1460. The summed E-state index contributed by atoms with van der Waals surface area (Å²) in [4.78, 5) is 28.3. The summed E-state index contributed by atoms with van der Waals surface area (Å²) < 4.78 is 61.3. The number of sulfonamides is 1. The number of nitrogens with one attached hydrogen (secondary N) is 1. The van der Waals surface area contributed by atoms with Gasteiger partial charge in [0.05, 0.1) is 17.2 Å². The predicted octanol–water partition coefficient (Wildman–Crippen LogP) is 5.03. The summed E-state index contributed by atoms with van der Waals surface area (Å²) in [6.45, 7) is 3.12. The number of hydrogen-bond donors (Lipinski definition) is 1. The Morgan fingerprint density at radius 1 is 0.929 bits per heavy atom. The molecule has 1 aliphatic carbocycles. The molecular formula is C31H35F2N3O5S. The smallest absolute Gasteiger partial charge is 0.264 e. The molecule has 0 heterocycles. The fourth-order valence-corrected chi connectivity index (χ4v) is 6.31. The zero-order valence-corrected chi connectivity index (χ0v) is 24.4. The molecule has 1 unspecified atom stereocenters. The van der Waals surface area contributed by atoms with Crippen molar-refractivity contribution in [1.82, 2.24) is 10.2 Å². The predicted molar refractivity (Wildman–Crippen MR) is 155 cm³/mol. The molecule has 0 saturated heterocycles. The van der Waals surface area contributed by atoms with Gasteiger partial charge >= 0.3 is 0 Å². The Labute approximate surface area is 245 Å². The van der Waals surface area contributed by atoms with Crippen molar-refractivity contribution in [2.45, 2.75) is 63.1 Å². The molecule has 1 atom stereocenters. The summed E-state index contributed by atoms with van der Waals surface area (Å²) in [5.74, 6) is -1.54. The van der Waals surface area contributed by atoms with E-state index in [2.05, 4.69) is 5.32 Å². The number of benzene rings is 3. The molecule has 42 heavy (non-hydrogen) atoms. The van der Waals surface area contributed by atoms with Crippen LogP contribution in [0.4, 0.5) is 14.5 Å². The molecule has 0 radical (unpaired) electrons. The average Bonchev–Trinajstić information content (AvgIpc) is 3.49. The lowest BCUT2D eigenvalue weighted by Crippen LogP contribution is -2.52. The monoisotopic (exact) mass is 599 g/mol. The van der Waals surface area contributed by atoms with Gasteiger partial charge < -0.3 is 15.0 Å². The van der Waals surface area contributed by atoms with Crippen molar-refractivity contribution >= 4 is 27.5 Å². The van der Waals surface area contributed by atoms with E-state index in [0.29, 0.717) is 17.9 Å². The summed E-state index contributed by atoms with van der Waals surface area (Å²) in [5, 5.41) is 3.00. The molecule has 224 valence electrons. The van der Waals surface area contributed by atoms with Gasteiger partial charge in [-0.3, -0.25) is 13.9 Å². The fraction of sp³-hybridized carbons (Fsp3) is 0.355. The molecule has 0 spiro atoms. The first kappa shape index (κ1) is 31.0. The highest BCUT2D eigenvalue weighted by molar-refractivity contribution is 7.92. The van der Waals surface area contributed by atoms with E-state index >= 15 is 0 Å². The number of ether oxygens (including phenoxy) is 1. The first-order valence-corrected chi connectivity index (χ1v) is 15.4. The number of rotatable bonds is 12. The molecule has 1 fully saturated rings. The van der Waals surface area contributed by atoms with Crippen LogP contribution in [0, 0.1) is 11.6 Å². The van der Waals surface area contributed by atoms with Crippen LogP contribution in [0.2, 0.25) is 0 Å². The minimum absolute atomic E-state index is 0.0157. The van der Waals surface area contributed by atoms with E-state index in [9.17, 15) is 26.8 Å². The zero-order chi connectivity index (χ0) is 30.3. The first-order chi connectivity index (χ1) is 20.1. The summed E-state index contributed by atoms with van der Waals surface area (Å²) in [6, 6.07) is 15.1. The van der Waals surface area contributed by atoms with Crippen LogP contribution in [0.25, 0.3) is 0 Å². The number of halogens is 2. The number of carbonyl (C=O) groups excluding carboxylic acids is 2. The van der Waals surface area contributed by atoms with Crippen LogP contribution in [0.3, 0.4) is 0 Å². The molecule has 0 aromatic heterocycles. The molecule has 1 N–H and O–H groups in total. The fourth-order valence-electron chi connectivity index (χ4n) is 4.90. The van der Waals surface area contributed by atoms with Gasteiger partial charge in [0.2, 0.25) is 11.8 Å². The number of carbonyl (C=O) groups is 2. The number of hydrogen-bond acceptors (Lipinski definition) is 5. The van der Waals surface area contributed by atoms with Gasteiger partial charge in [-0.2, -0.15) is 0 Å². The van der Waals surface area contributed by atoms with Crippen LogP contribution in [-0.2, 0) is 26.2 Å². The van der Waals surface area contributed by atoms with Crippen LogP contribution in [0.1, 0.15) is 45.1 Å². The van der Waals surface area contributed by atoms with E-state index < -0.39 is 40.2 Å². The number of nitrogens with zero attached hydrogens (tertiary/aromatic N) is 2. The van der Waals surface area contributed by atoms with Gasteiger partial charge in [0.15, 0.2) is 0 Å². The minimum Gasteiger partial charge on any atom is -0.494 e. The van der Waals surface area contributed by atoms with Gasteiger partial charge in [0.25, 0.3) is 10.0 Å². The second-order valence-electron chi connectivity index (χ2n) is 10.2. The summed E-state index contributed by atoms with van der Waals surface area (Å²) in [5.41, 5.74) is 0.750. The van der Waals surface area contributed by atoms with E-state index in [1.807, 2.05) is 6.92 Å². The van der Waals surface area contributed by atoms with E-state index in [1.54, 1.807) is 19.1 Å². The zero-order valence-electron chi connectivity index (χ0n) is 23.6. The largest absolute Gasteiger partial charge is 0.494 e. The maximum atomic E-state index is 14.0. The van der Waals surface area contributed by atoms with Crippen molar-refractivity contribution in [3.05, 3.63) is 90.0 Å². The van der Waals surface area contributed by atoms with E-state index in [-0.39, 0.29) is 29.1 Å². The lowest BCUT2D eigenvalue weighted by Gasteiger charge is -2.32. The molecule has 2 amide bonds. The Kier molecular flexibility index (Phi) is 10.2. The van der Waals surface area contributed by atoms with Gasteiger partial charge in [-0.1, -0.05) is 25.0 Å². The van der Waals surface area contributed by atoms with Crippen molar-refractivity contribution in [3.63, 3.8) is 0 Å². The molecule has 8 nitrogen and oxygen atoms in total. The highest BCUT2D eigenvalue weighted by Gasteiger charge is 2.33. The highest BCUT2D eigenvalue weighted by atomic mass is 32.2. The Balaban J connectivity index is 1.68. The summed E-state index contributed by atoms with van der Waals surface area (Å²) >= 11 is 0. The van der Waals surface area contributed by atoms with Crippen LogP contribution >= 0.6 is 0 Å². The Hall–Kier alpha value is -3.99. The maximum Gasteiger partial charge on any atom is 0.264 e. The lowest BCUT2D eigenvalue weighted by atomic mass is 10.1. The second-order valence-corrected chi connectivity index (χ2v) is 12.1.